The first-order valence-corrected chi connectivity index (χ1v) is 9.97. The summed E-state index contributed by atoms with van der Waals surface area (Å²) in [6.07, 6.45) is 1.17. The standard InChI is InChI=1S/C17H27N3O4S/c1-5-18-17(21)20-8-6-14(7-9-20)19-25(22,23)16-11-13(3)12(2)10-15(16)24-4/h10-11,14,19H,5-9H2,1-4H3,(H,18,21). The number of carbonyl (C=O) groups excluding carboxylic acids is 1. The van der Waals surface area contributed by atoms with Gasteiger partial charge in [-0.05, 0) is 56.9 Å². The molecule has 7 nitrogen and oxygen atoms in total. The number of carbonyl (C=O) groups is 1. The highest BCUT2D eigenvalue weighted by Crippen LogP contribution is 2.28. The van der Waals surface area contributed by atoms with Crippen LogP contribution in [0.5, 0.6) is 5.75 Å². The summed E-state index contributed by atoms with van der Waals surface area (Å²) < 4.78 is 33.6. The van der Waals surface area contributed by atoms with Crippen LogP contribution in [0, 0.1) is 13.8 Å². The molecule has 1 aliphatic heterocycles. The maximum Gasteiger partial charge on any atom is 0.317 e. The molecule has 1 fully saturated rings. The van der Waals surface area contributed by atoms with Gasteiger partial charge in [-0.25, -0.2) is 17.9 Å². The zero-order valence-electron chi connectivity index (χ0n) is 15.3. The quantitative estimate of drug-likeness (QED) is 0.828. The molecule has 8 heteroatoms. The van der Waals surface area contributed by atoms with Crippen LogP contribution in [0.4, 0.5) is 4.79 Å². The van der Waals surface area contributed by atoms with Crippen LogP contribution in [0.15, 0.2) is 17.0 Å². The van der Waals surface area contributed by atoms with Gasteiger partial charge in [-0.3, -0.25) is 0 Å². The van der Waals surface area contributed by atoms with Crippen LogP contribution in [-0.4, -0.2) is 52.1 Å². The van der Waals surface area contributed by atoms with Crippen molar-refractivity contribution in [2.75, 3.05) is 26.7 Å². The molecule has 25 heavy (non-hydrogen) atoms. The van der Waals surface area contributed by atoms with E-state index in [4.69, 9.17) is 4.74 Å². The predicted octanol–water partition coefficient (Wildman–Crippen LogP) is 1.78. The Morgan fingerprint density at radius 2 is 1.84 bits per heavy atom. The fourth-order valence-electron chi connectivity index (χ4n) is 2.88. The average molecular weight is 369 g/mol. The third-order valence-electron chi connectivity index (χ3n) is 4.50. The molecule has 1 saturated heterocycles. The van der Waals surface area contributed by atoms with Gasteiger partial charge in [0.1, 0.15) is 10.6 Å². The highest BCUT2D eigenvalue weighted by atomic mass is 32.2. The maximum absolute atomic E-state index is 12.8. The van der Waals surface area contributed by atoms with Crippen LogP contribution in [-0.2, 0) is 10.0 Å². The van der Waals surface area contributed by atoms with Crippen LogP contribution in [0.3, 0.4) is 0 Å². The SMILES string of the molecule is CCNC(=O)N1CCC(NS(=O)(=O)c2cc(C)c(C)cc2OC)CC1. The number of hydrogen-bond donors (Lipinski definition) is 2. The molecule has 0 bridgehead atoms. The van der Waals surface area contributed by atoms with E-state index < -0.39 is 10.0 Å². The highest BCUT2D eigenvalue weighted by molar-refractivity contribution is 7.89. The second-order valence-electron chi connectivity index (χ2n) is 6.31. The lowest BCUT2D eigenvalue weighted by atomic mass is 10.1. The van der Waals surface area contributed by atoms with Gasteiger partial charge in [0.15, 0.2) is 0 Å². The minimum Gasteiger partial charge on any atom is -0.495 e. The Balaban J connectivity index is 2.08. The number of aryl methyl sites for hydroxylation is 2. The van der Waals surface area contributed by atoms with E-state index in [1.165, 1.54) is 7.11 Å². The summed E-state index contributed by atoms with van der Waals surface area (Å²) in [5.41, 5.74) is 1.87. The molecule has 140 valence electrons. The number of sulfonamides is 1. The monoisotopic (exact) mass is 369 g/mol. The zero-order valence-corrected chi connectivity index (χ0v) is 16.1. The van der Waals surface area contributed by atoms with Gasteiger partial charge in [0.25, 0.3) is 0 Å². The van der Waals surface area contributed by atoms with Crippen LogP contribution in [0.25, 0.3) is 0 Å². The second kappa shape index (κ2) is 8.05. The lowest BCUT2D eigenvalue weighted by Gasteiger charge is -2.32. The van der Waals surface area contributed by atoms with Crippen molar-refractivity contribution in [3.63, 3.8) is 0 Å². The number of urea groups is 1. The topological polar surface area (TPSA) is 87.7 Å². The first kappa shape index (κ1) is 19.5. The number of nitrogens with one attached hydrogen (secondary N) is 2. The van der Waals surface area contributed by atoms with Crippen molar-refractivity contribution in [2.45, 2.75) is 44.6 Å². The van der Waals surface area contributed by atoms with Crippen LogP contribution < -0.4 is 14.8 Å². The summed E-state index contributed by atoms with van der Waals surface area (Å²) >= 11 is 0. The third kappa shape index (κ3) is 4.64. The number of likely N-dealkylation sites (tertiary alicyclic amines) is 1. The smallest absolute Gasteiger partial charge is 0.317 e. The molecule has 1 heterocycles. The van der Waals surface area contributed by atoms with Gasteiger partial charge in [0.2, 0.25) is 10.0 Å². The molecule has 0 unspecified atom stereocenters. The summed E-state index contributed by atoms with van der Waals surface area (Å²) in [4.78, 5) is 13.7. The predicted molar refractivity (Wildman–Crippen MR) is 96.5 cm³/mol. The number of methoxy groups -OCH3 is 1. The van der Waals surface area contributed by atoms with E-state index in [0.717, 1.165) is 11.1 Å². The number of rotatable bonds is 5. The Hall–Kier alpha value is -1.80. The molecule has 0 spiro atoms. The van der Waals surface area contributed by atoms with Crippen molar-refractivity contribution in [1.82, 2.24) is 14.9 Å². The minimum atomic E-state index is -3.68. The van der Waals surface area contributed by atoms with Crippen LogP contribution in [0.1, 0.15) is 30.9 Å². The van der Waals surface area contributed by atoms with E-state index in [0.29, 0.717) is 38.2 Å². The van der Waals surface area contributed by atoms with Gasteiger partial charge in [0, 0.05) is 25.7 Å². The highest BCUT2D eigenvalue weighted by Gasteiger charge is 2.28. The Morgan fingerprint density at radius 3 is 2.40 bits per heavy atom. The van der Waals surface area contributed by atoms with Gasteiger partial charge in [0.05, 0.1) is 7.11 Å². The van der Waals surface area contributed by atoms with Crippen molar-refractivity contribution < 1.29 is 17.9 Å². The van der Waals surface area contributed by atoms with E-state index in [1.54, 1.807) is 17.0 Å². The van der Waals surface area contributed by atoms with Crippen molar-refractivity contribution in [3.8, 4) is 5.75 Å². The van der Waals surface area contributed by atoms with Crippen molar-refractivity contribution >= 4 is 16.1 Å². The molecule has 2 rings (SSSR count). The summed E-state index contributed by atoms with van der Waals surface area (Å²) in [6, 6.07) is 3.09. The maximum atomic E-state index is 12.8. The molecule has 0 radical (unpaired) electrons. The number of hydrogen-bond acceptors (Lipinski definition) is 4. The Kier molecular flexibility index (Phi) is 6.29. The van der Waals surface area contributed by atoms with Crippen molar-refractivity contribution in [1.29, 1.82) is 0 Å². The van der Waals surface area contributed by atoms with Crippen molar-refractivity contribution in [3.05, 3.63) is 23.3 Å². The fourth-order valence-corrected chi connectivity index (χ4v) is 4.42. The third-order valence-corrected chi connectivity index (χ3v) is 6.04. The molecule has 1 aromatic rings. The van der Waals surface area contributed by atoms with Gasteiger partial charge in [-0.2, -0.15) is 0 Å². The molecular weight excluding hydrogens is 342 g/mol. The number of nitrogens with zero attached hydrogens (tertiary/aromatic N) is 1. The fraction of sp³-hybridized carbons (Fsp3) is 0.588. The Labute approximate surface area is 149 Å². The van der Waals surface area contributed by atoms with E-state index in [2.05, 4.69) is 10.0 Å². The van der Waals surface area contributed by atoms with Gasteiger partial charge in [-0.1, -0.05) is 0 Å². The molecule has 2 N–H and O–H groups in total. The molecule has 2 amide bonds. The van der Waals surface area contributed by atoms with Crippen LogP contribution >= 0.6 is 0 Å². The van der Waals surface area contributed by atoms with Gasteiger partial charge in [-0.15, -0.1) is 0 Å². The lowest BCUT2D eigenvalue weighted by Crippen LogP contribution is -2.49. The molecule has 1 aliphatic rings. The number of ether oxygens (including phenoxy) is 1. The van der Waals surface area contributed by atoms with E-state index in [-0.39, 0.29) is 17.0 Å². The summed E-state index contributed by atoms with van der Waals surface area (Å²) in [5, 5.41) is 2.76. The van der Waals surface area contributed by atoms with E-state index in [1.807, 2.05) is 20.8 Å². The summed E-state index contributed by atoms with van der Waals surface area (Å²) in [6.45, 7) is 7.30. The van der Waals surface area contributed by atoms with Crippen LogP contribution in [0.2, 0.25) is 0 Å². The number of piperidine rings is 1. The molecular formula is C17H27N3O4S. The Bertz CT molecular complexity index is 726. The summed E-state index contributed by atoms with van der Waals surface area (Å²) in [5.74, 6) is 0.343. The molecule has 0 saturated carbocycles. The van der Waals surface area contributed by atoms with Crippen molar-refractivity contribution in [2.24, 2.45) is 0 Å². The minimum absolute atomic E-state index is 0.0976. The molecule has 1 aromatic carbocycles. The number of amides is 2. The normalized spacial score (nSPS) is 15.9. The molecule has 0 atom stereocenters. The second-order valence-corrected chi connectivity index (χ2v) is 7.99. The van der Waals surface area contributed by atoms with E-state index in [9.17, 15) is 13.2 Å². The Morgan fingerprint density at radius 1 is 1.24 bits per heavy atom. The van der Waals surface area contributed by atoms with E-state index >= 15 is 0 Å². The number of benzene rings is 1. The zero-order chi connectivity index (χ0) is 18.6. The summed E-state index contributed by atoms with van der Waals surface area (Å²) in [7, 11) is -2.22. The first-order valence-electron chi connectivity index (χ1n) is 8.48. The molecule has 0 aliphatic carbocycles. The first-order chi connectivity index (χ1) is 11.8. The molecule has 0 aromatic heterocycles. The largest absolute Gasteiger partial charge is 0.495 e. The van der Waals surface area contributed by atoms with Gasteiger partial charge < -0.3 is 15.0 Å². The lowest BCUT2D eigenvalue weighted by molar-refractivity contribution is 0.180. The average Bonchev–Trinajstić information content (AvgIpc) is 2.57. The van der Waals surface area contributed by atoms with Gasteiger partial charge >= 0.3 is 6.03 Å².